The van der Waals surface area contributed by atoms with E-state index in [2.05, 4.69) is 10.6 Å². The monoisotopic (exact) mass is 299 g/mol. The summed E-state index contributed by atoms with van der Waals surface area (Å²) in [5.74, 6) is -3.06. The second-order valence-electron chi connectivity index (χ2n) is 5.56. The Balaban J connectivity index is 2.10. The molecule has 4 amide bonds. The Hall–Kier alpha value is -2.16. The highest BCUT2D eigenvalue weighted by Crippen LogP contribution is 2.20. The third kappa shape index (κ3) is 2.82. The summed E-state index contributed by atoms with van der Waals surface area (Å²) in [6.07, 6.45) is 0. The van der Waals surface area contributed by atoms with E-state index >= 15 is 0 Å². The van der Waals surface area contributed by atoms with Gasteiger partial charge in [0.05, 0.1) is 19.3 Å². The Morgan fingerprint density at radius 2 is 2.05 bits per heavy atom. The SMILES string of the molecule is CC1(C)C(=O)NC(=O)CN1C(=O)NC1COCC1C(=O)O. The molecular formula is C12H17N3O6. The second kappa shape index (κ2) is 5.32. The lowest BCUT2D eigenvalue weighted by Gasteiger charge is -2.40. The zero-order valence-electron chi connectivity index (χ0n) is 11.7. The minimum absolute atomic E-state index is 0.0170. The molecule has 0 bridgehead atoms. The average Bonchev–Trinajstić information content (AvgIpc) is 2.82. The number of amides is 4. The molecule has 2 heterocycles. The Morgan fingerprint density at radius 1 is 1.38 bits per heavy atom. The highest BCUT2D eigenvalue weighted by Gasteiger charge is 2.45. The quantitative estimate of drug-likeness (QED) is 0.535. The molecule has 0 aromatic carbocycles. The van der Waals surface area contributed by atoms with E-state index in [1.165, 1.54) is 13.8 Å². The molecule has 0 spiro atoms. The molecule has 2 aliphatic rings. The average molecular weight is 299 g/mol. The van der Waals surface area contributed by atoms with Gasteiger partial charge in [0, 0.05) is 0 Å². The Morgan fingerprint density at radius 3 is 2.67 bits per heavy atom. The number of carboxylic acids is 1. The molecular weight excluding hydrogens is 282 g/mol. The first-order valence-corrected chi connectivity index (χ1v) is 6.46. The molecule has 9 heteroatoms. The summed E-state index contributed by atoms with van der Waals surface area (Å²) in [7, 11) is 0. The highest BCUT2D eigenvalue weighted by atomic mass is 16.5. The number of hydrogen-bond acceptors (Lipinski definition) is 5. The molecule has 2 fully saturated rings. The largest absolute Gasteiger partial charge is 0.481 e. The first-order chi connectivity index (χ1) is 9.73. The number of urea groups is 1. The summed E-state index contributed by atoms with van der Waals surface area (Å²) in [5.41, 5.74) is -1.20. The maximum Gasteiger partial charge on any atom is 0.319 e. The summed E-state index contributed by atoms with van der Waals surface area (Å²) in [6, 6.07) is -1.35. The summed E-state index contributed by atoms with van der Waals surface area (Å²) in [5, 5.41) is 13.7. The molecule has 0 aromatic heterocycles. The van der Waals surface area contributed by atoms with Crippen molar-refractivity contribution in [3.63, 3.8) is 0 Å². The van der Waals surface area contributed by atoms with Crippen LogP contribution in [0.3, 0.4) is 0 Å². The van der Waals surface area contributed by atoms with Gasteiger partial charge in [-0.2, -0.15) is 0 Å². The standard InChI is InChI=1S/C12H17N3O6/c1-12(2)10(19)14-8(16)3-15(12)11(20)13-7-5-21-4-6(7)9(17)18/h6-7H,3-5H2,1-2H3,(H,13,20)(H,17,18)(H,14,16,19). The molecule has 2 atom stereocenters. The van der Waals surface area contributed by atoms with Crippen molar-refractivity contribution in [2.75, 3.05) is 19.8 Å². The van der Waals surface area contributed by atoms with Crippen molar-refractivity contribution in [2.45, 2.75) is 25.4 Å². The number of rotatable bonds is 2. The van der Waals surface area contributed by atoms with Crippen LogP contribution >= 0.6 is 0 Å². The topological polar surface area (TPSA) is 125 Å². The summed E-state index contributed by atoms with van der Waals surface area (Å²) >= 11 is 0. The number of carboxylic acid groups (broad SMARTS) is 1. The number of piperazine rings is 1. The van der Waals surface area contributed by atoms with Crippen LogP contribution in [-0.4, -0.2) is 65.2 Å². The van der Waals surface area contributed by atoms with E-state index in [9.17, 15) is 19.2 Å². The summed E-state index contributed by atoms with van der Waals surface area (Å²) < 4.78 is 5.05. The van der Waals surface area contributed by atoms with Gasteiger partial charge in [-0.3, -0.25) is 19.7 Å². The van der Waals surface area contributed by atoms with Gasteiger partial charge >= 0.3 is 12.0 Å². The van der Waals surface area contributed by atoms with Gasteiger partial charge in [0.15, 0.2) is 0 Å². The first-order valence-electron chi connectivity index (χ1n) is 6.46. The van der Waals surface area contributed by atoms with E-state index in [0.29, 0.717) is 0 Å². The molecule has 116 valence electrons. The van der Waals surface area contributed by atoms with Gasteiger partial charge in [-0.15, -0.1) is 0 Å². The van der Waals surface area contributed by atoms with Gasteiger partial charge in [-0.25, -0.2) is 4.79 Å². The van der Waals surface area contributed by atoms with Crippen LogP contribution in [0.25, 0.3) is 0 Å². The van der Waals surface area contributed by atoms with E-state index in [1.807, 2.05) is 0 Å². The van der Waals surface area contributed by atoms with E-state index in [1.54, 1.807) is 0 Å². The number of ether oxygens (including phenoxy) is 1. The zero-order chi connectivity index (χ0) is 15.8. The fourth-order valence-electron chi connectivity index (χ4n) is 2.29. The van der Waals surface area contributed by atoms with Crippen LogP contribution < -0.4 is 10.6 Å². The predicted octanol–water partition coefficient (Wildman–Crippen LogP) is -1.47. The number of carbonyl (C=O) groups is 4. The lowest BCUT2D eigenvalue weighted by molar-refractivity contribution is -0.144. The first kappa shape index (κ1) is 15.2. The smallest absolute Gasteiger partial charge is 0.319 e. The van der Waals surface area contributed by atoms with Crippen molar-refractivity contribution in [3.05, 3.63) is 0 Å². The number of hydrogen-bond donors (Lipinski definition) is 3. The van der Waals surface area contributed by atoms with Gasteiger partial charge in [0.1, 0.15) is 18.0 Å². The van der Waals surface area contributed by atoms with Gasteiger partial charge in [-0.1, -0.05) is 0 Å². The molecule has 0 saturated carbocycles. The number of nitrogens with zero attached hydrogens (tertiary/aromatic N) is 1. The van der Waals surface area contributed by atoms with Crippen molar-refractivity contribution in [1.82, 2.24) is 15.5 Å². The number of carbonyl (C=O) groups excluding carboxylic acids is 3. The summed E-state index contributed by atoms with van der Waals surface area (Å²) in [6.45, 7) is 2.85. The van der Waals surface area contributed by atoms with E-state index < -0.39 is 41.3 Å². The van der Waals surface area contributed by atoms with E-state index in [-0.39, 0.29) is 19.8 Å². The van der Waals surface area contributed by atoms with Crippen LogP contribution in [0.2, 0.25) is 0 Å². The number of aliphatic carboxylic acids is 1. The molecule has 3 N–H and O–H groups in total. The minimum Gasteiger partial charge on any atom is -0.481 e. The Labute approximate surface area is 120 Å². The van der Waals surface area contributed by atoms with Crippen molar-refractivity contribution >= 4 is 23.8 Å². The predicted molar refractivity (Wildman–Crippen MR) is 68.2 cm³/mol. The van der Waals surface area contributed by atoms with Gasteiger partial charge in [-0.05, 0) is 13.8 Å². The Bertz CT molecular complexity index is 503. The normalized spacial score (nSPS) is 28.2. The molecule has 0 aliphatic carbocycles. The van der Waals surface area contributed by atoms with Crippen LogP contribution in [0.4, 0.5) is 4.79 Å². The molecule has 2 saturated heterocycles. The van der Waals surface area contributed by atoms with Crippen molar-refractivity contribution in [3.8, 4) is 0 Å². The second-order valence-corrected chi connectivity index (χ2v) is 5.56. The highest BCUT2D eigenvalue weighted by molar-refractivity contribution is 6.06. The van der Waals surface area contributed by atoms with Crippen LogP contribution in [0, 0.1) is 5.92 Å². The van der Waals surface area contributed by atoms with Crippen molar-refractivity contribution in [1.29, 1.82) is 0 Å². The van der Waals surface area contributed by atoms with Crippen molar-refractivity contribution in [2.24, 2.45) is 5.92 Å². The van der Waals surface area contributed by atoms with Gasteiger partial charge < -0.3 is 20.1 Å². The third-order valence-corrected chi connectivity index (χ3v) is 3.74. The minimum atomic E-state index is -1.20. The Kier molecular flexibility index (Phi) is 3.86. The van der Waals surface area contributed by atoms with E-state index in [4.69, 9.17) is 9.84 Å². The maximum atomic E-state index is 12.3. The lowest BCUT2D eigenvalue weighted by Crippen LogP contribution is -2.67. The van der Waals surface area contributed by atoms with E-state index in [0.717, 1.165) is 4.90 Å². The fraction of sp³-hybridized carbons (Fsp3) is 0.667. The molecule has 9 nitrogen and oxygen atoms in total. The number of imide groups is 1. The zero-order valence-corrected chi connectivity index (χ0v) is 11.7. The fourth-order valence-corrected chi connectivity index (χ4v) is 2.29. The van der Waals surface area contributed by atoms with Crippen LogP contribution in [0.15, 0.2) is 0 Å². The van der Waals surface area contributed by atoms with Crippen LogP contribution in [0.5, 0.6) is 0 Å². The molecule has 2 unspecified atom stereocenters. The van der Waals surface area contributed by atoms with Crippen LogP contribution in [-0.2, 0) is 19.1 Å². The lowest BCUT2D eigenvalue weighted by atomic mass is 9.99. The third-order valence-electron chi connectivity index (χ3n) is 3.74. The molecule has 2 aliphatic heterocycles. The maximum absolute atomic E-state index is 12.3. The van der Waals surface area contributed by atoms with Crippen LogP contribution in [0.1, 0.15) is 13.8 Å². The molecule has 0 radical (unpaired) electrons. The molecule has 21 heavy (non-hydrogen) atoms. The molecule has 2 rings (SSSR count). The number of nitrogens with one attached hydrogen (secondary N) is 2. The van der Waals surface area contributed by atoms with Gasteiger partial charge in [0.2, 0.25) is 5.91 Å². The van der Waals surface area contributed by atoms with Gasteiger partial charge in [0.25, 0.3) is 5.91 Å². The summed E-state index contributed by atoms with van der Waals surface area (Å²) in [4.78, 5) is 47.6. The van der Waals surface area contributed by atoms with Crippen molar-refractivity contribution < 1.29 is 29.0 Å². The molecule has 0 aromatic rings.